The van der Waals surface area contributed by atoms with Crippen LogP contribution in [0.2, 0.25) is 0 Å². The van der Waals surface area contributed by atoms with Crippen molar-refractivity contribution in [2.45, 2.75) is 42.7 Å². The summed E-state index contributed by atoms with van der Waals surface area (Å²) >= 11 is 0. The van der Waals surface area contributed by atoms with Gasteiger partial charge >= 0.3 is 5.97 Å². The summed E-state index contributed by atoms with van der Waals surface area (Å²) in [5.74, 6) is -3.12. The molecule has 0 N–H and O–H groups in total. The molecule has 30 heavy (non-hydrogen) atoms. The third-order valence-corrected chi connectivity index (χ3v) is 8.29. The number of methoxy groups -OCH3 is 1. The van der Waals surface area contributed by atoms with Crippen molar-refractivity contribution < 1.29 is 35.9 Å². The Morgan fingerprint density at radius 3 is 2.33 bits per heavy atom. The van der Waals surface area contributed by atoms with E-state index in [1.165, 1.54) is 31.4 Å². The number of amides is 1. The van der Waals surface area contributed by atoms with E-state index in [1.54, 1.807) is 26.8 Å². The normalized spacial score (nSPS) is 23.6. The van der Waals surface area contributed by atoms with Crippen LogP contribution < -0.4 is 0 Å². The number of nitrogens with zero attached hydrogens (tertiary/aromatic N) is 1. The van der Waals surface area contributed by atoms with Crippen molar-refractivity contribution in [3.05, 3.63) is 41.6 Å². The Balaban J connectivity index is 2.12. The molecule has 0 saturated carbocycles. The molecule has 0 radical (unpaired) electrons. The third kappa shape index (κ3) is 4.01. The van der Waals surface area contributed by atoms with E-state index in [9.17, 15) is 26.4 Å². The lowest BCUT2D eigenvalue weighted by atomic mass is 10.1. The molecule has 164 valence electrons. The molecule has 0 bridgehead atoms. The zero-order chi connectivity index (χ0) is 22.5. The van der Waals surface area contributed by atoms with Gasteiger partial charge in [-0.15, -0.1) is 0 Å². The van der Waals surface area contributed by atoms with Gasteiger partial charge in [-0.2, -0.15) is 0 Å². The number of carbonyl (C=O) groups excluding carboxylic acids is 2. The number of ether oxygens (including phenoxy) is 2. The summed E-state index contributed by atoms with van der Waals surface area (Å²) in [7, 11) is -6.76. The van der Waals surface area contributed by atoms with E-state index in [-0.39, 0.29) is 16.2 Å². The van der Waals surface area contributed by atoms with Gasteiger partial charge in [0.25, 0.3) is 5.91 Å². The highest BCUT2D eigenvalue weighted by Crippen LogP contribution is 2.39. The number of carbonyl (C=O) groups is 2. The van der Waals surface area contributed by atoms with E-state index in [2.05, 4.69) is 0 Å². The fourth-order valence-electron chi connectivity index (χ4n) is 3.43. The van der Waals surface area contributed by atoms with E-state index in [1.807, 2.05) is 0 Å². The van der Waals surface area contributed by atoms with Gasteiger partial charge in [-0.1, -0.05) is 18.2 Å². The lowest BCUT2D eigenvalue weighted by Gasteiger charge is -2.48. The second-order valence-corrected chi connectivity index (χ2v) is 12.2. The van der Waals surface area contributed by atoms with Crippen LogP contribution in [0.15, 0.2) is 46.5 Å². The van der Waals surface area contributed by atoms with Crippen molar-refractivity contribution in [3.8, 4) is 0 Å². The molecule has 2 aliphatic heterocycles. The van der Waals surface area contributed by atoms with Gasteiger partial charge in [-0.3, -0.25) is 9.69 Å². The van der Waals surface area contributed by atoms with Gasteiger partial charge in [0, 0.05) is 7.11 Å². The molecule has 11 heteroatoms. The van der Waals surface area contributed by atoms with Crippen molar-refractivity contribution in [3.63, 3.8) is 0 Å². The fraction of sp³-hybridized carbons (Fsp3) is 0.474. The Hall–Kier alpha value is -2.24. The molecule has 0 aromatic heterocycles. The summed E-state index contributed by atoms with van der Waals surface area (Å²) < 4.78 is 61.6. The van der Waals surface area contributed by atoms with Crippen molar-refractivity contribution in [1.29, 1.82) is 0 Å². The monoisotopic (exact) mass is 457 g/mol. The van der Waals surface area contributed by atoms with Crippen LogP contribution in [0.3, 0.4) is 0 Å². The predicted molar refractivity (Wildman–Crippen MR) is 107 cm³/mol. The summed E-state index contributed by atoms with van der Waals surface area (Å²) in [5.41, 5.74) is -1.48. The van der Waals surface area contributed by atoms with Crippen LogP contribution >= 0.6 is 0 Å². The minimum atomic E-state index is -3.98. The highest BCUT2D eigenvalue weighted by atomic mass is 32.2. The maximum Gasteiger partial charge on any atom is 0.355 e. The Kier molecular flexibility index (Phi) is 5.59. The van der Waals surface area contributed by atoms with Crippen LogP contribution in [0.4, 0.5) is 0 Å². The van der Waals surface area contributed by atoms with Crippen LogP contribution in [-0.2, 0) is 38.7 Å². The van der Waals surface area contributed by atoms with Gasteiger partial charge in [-0.25, -0.2) is 21.6 Å². The van der Waals surface area contributed by atoms with Gasteiger partial charge in [0.2, 0.25) is 0 Å². The number of sulfone groups is 2. The molecule has 1 aromatic rings. The second-order valence-electron chi connectivity index (χ2n) is 8.09. The van der Waals surface area contributed by atoms with Gasteiger partial charge in [-0.05, 0) is 38.5 Å². The first-order valence-electron chi connectivity index (χ1n) is 9.09. The Morgan fingerprint density at radius 2 is 1.80 bits per heavy atom. The van der Waals surface area contributed by atoms with E-state index in [0.717, 1.165) is 4.90 Å². The van der Waals surface area contributed by atoms with E-state index in [0.29, 0.717) is 0 Å². The van der Waals surface area contributed by atoms with Crippen molar-refractivity contribution in [2.75, 3.05) is 18.6 Å². The first-order valence-corrected chi connectivity index (χ1v) is 12.5. The minimum absolute atomic E-state index is 0.0229. The summed E-state index contributed by atoms with van der Waals surface area (Å²) in [4.78, 5) is 26.2. The Bertz CT molecular complexity index is 1110. The summed E-state index contributed by atoms with van der Waals surface area (Å²) in [6.45, 7) is 4.83. The summed E-state index contributed by atoms with van der Waals surface area (Å²) in [6, 6.07) is 7.46. The van der Waals surface area contributed by atoms with Gasteiger partial charge in [0.05, 0.1) is 16.4 Å². The van der Waals surface area contributed by atoms with Crippen LogP contribution in [0.25, 0.3) is 0 Å². The largest absolute Gasteiger partial charge is 0.455 e. The molecule has 2 heterocycles. The molecule has 2 aliphatic rings. The van der Waals surface area contributed by atoms with Gasteiger partial charge < -0.3 is 9.47 Å². The molecule has 0 spiro atoms. The standard InChI is InChI=1S/C19H23NO8S2/c1-19(2,3)28-18(22)14-12(10-29(23,24)13-8-6-5-7-9-13)11-30(25,26)17-15(27-4)16(21)20(14)17/h5-9,15,17H,10-11H2,1-4H3/t15-,17?/m0/s1. The van der Waals surface area contributed by atoms with Crippen LogP contribution in [0.5, 0.6) is 0 Å². The number of benzene rings is 1. The number of hydrogen-bond donors (Lipinski definition) is 0. The van der Waals surface area contributed by atoms with Gasteiger partial charge in [0.1, 0.15) is 11.3 Å². The molecule has 0 aliphatic carbocycles. The summed E-state index contributed by atoms with van der Waals surface area (Å²) in [5, 5.41) is -1.39. The average molecular weight is 458 g/mol. The van der Waals surface area contributed by atoms with E-state index in [4.69, 9.17) is 9.47 Å². The number of esters is 1. The van der Waals surface area contributed by atoms with Gasteiger partial charge in [0.15, 0.2) is 31.2 Å². The SMILES string of the molecule is CO[C@H]1C(=O)N2C(C(=O)OC(C)(C)C)=C(CS(=O)(=O)c3ccccc3)CS(=O)(=O)C12. The molecule has 3 rings (SSSR count). The Labute approximate surface area is 175 Å². The van der Waals surface area contributed by atoms with Crippen LogP contribution in [0, 0.1) is 0 Å². The predicted octanol–water partition coefficient (Wildman–Crippen LogP) is 0.668. The quantitative estimate of drug-likeness (QED) is 0.467. The molecule has 1 saturated heterocycles. The first kappa shape index (κ1) is 22.4. The Morgan fingerprint density at radius 1 is 1.20 bits per heavy atom. The first-order chi connectivity index (χ1) is 13.8. The summed E-state index contributed by atoms with van der Waals surface area (Å²) in [6.07, 6.45) is -1.25. The highest BCUT2D eigenvalue weighted by Gasteiger charge is 2.61. The number of fused-ring (bicyclic) bond motifs is 1. The number of hydrogen-bond acceptors (Lipinski definition) is 8. The fourth-order valence-corrected chi connectivity index (χ4v) is 7.02. The van der Waals surface area contributed by atoms with Crippen molar-refractivity contribution >= 4 is 31.6 Å². The minimum Gasteiger partial charge on any atom is -0.455 e. The van der Waals surface area contributed by atoms with Crippen LogP contribution in [0.1, 0.15) is 20.8 Å². The highest BCUT2D eigenvalue weighted by molar-refractivity contribution is 7.93. The number of rotatable bonds is 5. The molecule has 2 atom stereocenters. The molecular formula is C19H23NO8S2. The average Bonchev–Trinajstić information content (AvgIpc) is 2.61. The lowest BCUT2D eigenvalue weighted by Crippen LogP contribution is -2.70. The van der Waals surface area contributed by atoms with E-state index >= 15 is 0 Å². The zero-order valence-corrected chi connectivity index (χ0v) is 18.6. The second kappa shape index (κ2) is 7.47. The van der Waals surface area contributed by atoms with Crippen molar-refractivity contribution in [2.24, 2.45) is 0 Å². The molecular weight excluding hydrogens is 434 g/mol. The smallest absolute Gasteiger partial charge is 0.355 e. The molecule has 9 nitrogen and oxygen atoms in total. The van der Waals surface area contributed by atoms with Crippen molar-refractivity contribution in [1.82, 2.24) is 4.90 Å². The molecule has 1 aromatic carbocycles. The van der Waals surface area contributed by atoms with E-state index < -0.39 is 60.1 Å². The maximum atomic E-state index is 12.9. The number of β-lactam (4-membered cyclic amide) rings is 1. The molecule has 1 fully saturated rings. The molecule has 1 amide bonds. The maximum absolute atomic E-state index is 12.9. The molecule has 1 unspecified atom stereocenters. The lowest BCUT2D eigenvalue weighted by molar-refractivity contribution is -0.167. The third-order valence-electron chi connectivity index (χ3n) is 4.63. The van der Waals surface area contributed by atoms with Crippen LogP contribution in [-0.4, -0.2) is 69.3 Å². The topological polar surface area (TPSA) is 124 Å². The zero-order valence-electron chi connectivity index (χ0n) is 17.0.